The van der Waals surface area contributed by atoms with Crippen LogP contribution in [0.15, 0.2) is 47.7 Å². The van der Waals surface area contributed by atoms with Crippen molar-refractivity contribution in [3.05, 3.63) is 48.3 Å². The molecule has 0 amide bonds. The lowest BCUT2D eigenvalue weighted by atomic mass is 10.1. The second-order valence-electron chi connectivity index (χ2n) is 7.15. The molecule has 1 aromatic heterocycles. The van der Waals surface area contributed by atoms with E-state index in [-0.39, 0.29) is 24.0 Å². The quantitative estimate of drug-likeness (QED) is 0.373. The number of hydrogen-bond acceptors (Lipinski definition) is 6. The number of aromatic nitrogens is 2. The number of guanidine groups is 1. The largest absolute Gasteiger partial charge is 0.378 e. The van der Waals surface area contributed by atoms with Crippen molar-refractivity contribution in [1.82, 2.24) is 20.2 Å². The highest BCUT2D eigenvalue weighted by Crippen LogP contribution is 2.21. The van der Waals surface area contributed by atoms with Gasteiger partial charge in [-0.25, -0.2) is 9.97 Å². The third-order valence-corrected chi connectivity index (χ3v) is 5.41. The summed E-state index contributed by atoms with van der Waals surface area (Å²) in [7, 11) is 1.85. The molecule has 2 fully saturated rings. The number of morpholine rings is 1. The number of benzene rings is 1. The molecule has 3 heterocycles. The van der Waals surface area contributed by atoms with Crippen molar-refractivity contribution in [3.63, 3.8) is 0 Å². The molecule has 0 spiro atoms. The smallest absolute Gasteiger partial charge is 0.225 e. The minimum Gasteiger partial charge on any atom is -0.378 e. The molecule has 0 aliphatic carbocycles. The SMILES string of the molecule is CN=C(NCc1ccccc1N1CCOCC1)N1CCN(c2ncccn2)CC1.I. The molecule has 0 bridgehead atoms. The molecule has 0 atom stereocenters. The molecule has 8 nitrogen and oxygen atoms in total. The number of hydrogen-bond donors (Lipinski definition) is 1. The van der Waals surface area contributed by atoms with E-state index in [0.717, 1.165) is 70.9 Å². The van der Waals surface area contributed by atoms with Gasteiger partial charge in [0.25, 0.3) is 0 Å². The Kier molecular flexibility index (Phi) is 8.50. The average Bonchev–Trinajstić information content (AvgIpc) is 2.81. The number of rotatable bonds is 4. The van der Waals surface area contributed by atoms with Gasteiger partial charge in [0.1, 0.15) is 0 Å². The van der Waals surface area contributed by atoms with Crippen molar-refractivity contribution in [2.45, 2.75) is 6.54 Å². The van der Waals surface area contributed by atoms with Gasteiger partial charge in [0.05, 0.1) is 13.2 Å². The second kappa shape index (κ2) is 11.3. The summed E-state index contributed by atoms with van der Waals surface area (Å²) in [6.45, 7) is 7.76. The van der Waals surface area contributed by atoms with Gasteiger partial charge in [0.2, 0.25) is 5.95 Å². The first-order valence-corrected chi connectivity index (χ1v) is 10.2. The summed E-state index contributed by atoms with van der Waals surface area (Å²) in [5, 5.41) is 3.56. The first kappa shape index (κ1) is 22.5. The number of para-hydroxylation sites is 1. The molecule has 162 valence electrons. The predicted octanol–water partition coefficient (Wildman–Crippen LogP) is 1.83. The molecule has 1 N–H and O–H groups in total. The molecule has 0 saturated carbocycles. The molecule has 4 rings (SSSR count). The fourth-order valence-corrected chi connectivity index (χ4v) is 3.85. The van der Waals surface area contributed by atoms with Crippen molar-refractivity contribution >= 4 is 41.6 Å². The molecular weight excluding hydrogens is 493 g/mol. The molecule has 2 saturated heterocycles. The van der Waals surface area contributed by atoms with Crippen LogP contribution in [0.4, 0.5) is 11.6 Å². The highest BCUT2D eigenvalue weighted by molar-refractivity contribution is 14.0. The van der Waals surface area contributed by atoms with E-state index in [4.69, 9.17) is 4.74 Å². The summed E-state index contributed by atoms with van der Waals surface area (Å²) in [5.74, 6) is 1.74. The van der Waals surface area contributed by atoms with E-state index in [9.17, 15) is 0 Å². The first-order valence-electron chi connectivity index (χ1n) is 10.2. The van der Waals surface area contributed by atoms with Crippen molar-refractivity contribution in [2.75, 3.05) is 69.3 Å². The number of nitrogens with zero attached hydrogens (tertiary/aromatic N) is 6. The Hall–Kier alpha value is -2.14. The van der Waals surface area contributed by atoms with Gasteiger partial charge >= 0.3 is 0 Å². The molecule has 0 radical (unpaired) electrons. The maximum absolute atomic E-state index is 5.50. The van der Waals surface area contributed by atoms with Gasteiger partial charge in [-0.2, -0.15) is 0 Å². The van der Waals surface area contributed by atoms with Crippen LogP contribution in [-0.4, -0.2) is 80.4 Å². The van der Waals surface area contributed by atoms with E-state index >= 15 is 0 Å². The Bertz CT molecular complexity index is 806. The van der Waals surface area contributed by atoms with Gasteiger partial charge < -0.3 is 24.8 Å². The van der Waals surface area contributed by atoms with Crippen LogP contribution in [0.3, 0.4) is 0 Å². The minimum absolute atomic E-state index is 0. The maximum atomic E-state index is 5.50. The molecular formula is C21H30IN7O. The molecule has 2 aromatic rings. The van der Waals surface area contributed by atoms with E-state index in [1.807, 2.05) is 13.1 Å². The van der Waals surface area contributed by atoms with Crippen molar-refractivity contribution in [2.24, 2.45) is 4.99 Å². The van der Waals surface area contributed by atoms with Crippen LogP contribution in [0, 0.1) is 0 Å². The van der Waals surface area contributed by atoms with Crippen LogP contribution in [0.5, 0.6) is 0 Å². The minimum atomic E-state index is 0. The molecule has 0 unspecified atom stereocenters. The summed E-state index contributed by atoms with van der Waals surface area (Å²) in [6, 6.07) is 10.4. The molecule has 2 aliphatic rings. The first-order chi connectivity index (χ1) is 14.3. The number of nitrogens with one attached hydrogen (secondary N) is 1. The Morgan fingerprint density at radius 3 is 2.37 bits per heavy atom. The van der Waals surface area contributed by atoms with Crippen LogP contribution in [0.25, 0.3) is 0 Å². The molecule has 30 heavy (non-hydrogen) atoms. The monoisotopic (exact) mass is 523 g/mol. The Morgan fingerprint density at radius 1 is 0.967 bits per heavy atom. The predicted molar refractivity (Wildman–Crippen MR) is 131 cm³/mol. The Balaban J connectivity index is 0.00000256. The fraction of sp³-hybridized carbons (Fsp3) is 0.476. The summed E-state index contributed by atoms with van der Waals surface area (Å²) < 4.78 is 5.50. The zero-order valence-electron chi connectivity index (χ0n) is 17.4. The normalized spacial score (nSPS) is 17.5. The van der Waals surface area contributed by atoms with Crippen LogP contribution >= 0.6 is 24.0 Å². The van der Waals surface area contributed by atoms with Gasteiger partial charge in [-0.3, -0.25) is 4.99 Å². The van der Waals surface area contributed by atoms with E-state index in [1.165, 1.54) is 11.3 Å². The lowest BCUT2D eigenvalue weighted by Gasteiger charge is -2.36. The Labute approximate surface area is 195 Å². The number of piperazine rings is 1. The second-order valence-corrected chi connectivity index (χ2v) is 7.15. The van der Waals surface area contributed by atoms with E-state index in [2.05, 4.69) is 59.2 Å². The number of anilines is 2. The van der Waals surface area contributed by atoms with Crippen molar-refractivity contribution < 1.29 is 4.74 Å². The molecule has 9 heteroatoms. The average molecular weight is 523 g/mol. The third-order valence-electron chi connectivity index (χ3n) is 5.41. The van der Waals surface area contributed by atoms with E-state index in [1.54, 1.807) is 12.4 Å². The number of aliphatic imine (C=N–C) groups is 1. The van der Waals surface area contributed by atoms with Gasteiger partial charge in [-0.15, -0.1) is 24.0 Å². The van der Waals surface area contributed by atoms with Crippen molar-refractivity contribution in [1.29, 1.82) is 0 Å². The lowest BCUT2D eigenvalue weighted by molar-refractivity contribution is 0.122. The van der Waals surface area contributed by atoms with Gasteiger partial charge in [0, 0.05) is 70.9 Å². The van der Waals surface area contributed by atoms with Crippen LogP contribution in [0.2, 0.25) is 0 Å². The number of halogens is 1. The molecule has 2 aliphatic heterocycles. The van der Waals surface area contributed by atoms with Gasteiger partial charge in [-0.1, -0.05) is 18.2 Å². The summed E-state index contributed by atoms with van der Waals surface area (Å²) >= 11 is 0. The van der Waals surface area contributed by atoms with Gasteiger partial charge in [0.15, 0.2) is 5.96 Å². The van der Waals surface area contributed by atoms with Crippen LogP contribution in [0.1, 0.15) is 5.56 Å². The summed E-state index contributed by atoms with van der Waals surface area (Å²) in [4.78, 5) is 20.2. The van der Waals surface area contributed by atoms with Gasteiger partial charge in [-0.05, 0) is 17.7 Å². The topological polar surface area (TPSA) is 69.1 Å². The third kappa shape index (κ3) is 5.51. The van der Waals surface area contributed by atoms with E-state index in [0.29, 0.717) is 0 Å². The summed E-state index contributed by atoms with van der Waals surface area (Å²) in [5.41, 5.74) is 2.57. The highest BCUT2D eigenvalue weighted by Gasteiger charge is 2.21. The summed E-state index contributed by atoms with van der Waals surface area (Å²) in [6.07, 6.45) is 3.59. The lowest BCUT2D eigenvalue weighted by Crippen LogP contribution is -2.52. The Morgan fingerprint density at radius 2 is 1.67 bits per heavy atom. The molecule has 1 aromatic carbocycles. The standard InChI is InChI=1S/C21H29N7O.HI/c1-22-20(27-9-11-28(12-10-27)21-23-7-4-8-24-21)25-17-18-5-2-3-6-19(18)26-13-15-29-16-14-26;/h2-8H,9-17H2,1H3,(H,22,25);1H. The van der Waals surface area contributed by atoms with Crippen molar-refractivity contribution in [3.8, 4) is 0 Å². The highest BCUT2D eigenvalue weighted by atomic mass is 127. The zero-order valence-corrected chi connectivity index (χ0v) is 19.7. The van der Waals surface area contributed by atoms with Crippen LogP contribution in [-0.2, 0) is 11.3 Å². The maximum Gasteiger partial charge on any atom is 0.225 e. The zero-order chi connectivity index (χ0) is 19.9. The number of ether oxygens (including phenoxy) is 1. The fourth-order valence-electron chi connectivity index (χ4n) is 3.85. The van der Waals surface area contributed by atoms with Crippen LogP contribution < -0.4 is 15.1 Å². The van der Waals surface area contributed by atoms with E-state index < -0.39 is 0 Å².